The predicted molar refractivity (Wildman–Crippen MR) is 69.3 cm³/mol. The fourth-order valence-electron chi connectivity index (χ4n) is 2.38. The third-order valence-corrected chi connectivity index (χ3v) is 4.10. The van der Waals surface area contributed by atoms with E-state index in [4.69, 9.17) is 0 Å². The van der Waals surface area contributed by atoms with Gasteiger partial charge in [-0.25, -0.2) is 0 Å². The zero-order valence-corrected chi connectivity index (χ0v) is 11.0. The molecule has 1 rings (SSSR count). The summed E-state index contributed by atoms with van der Waals surface area (Å²) < 4.78 is 0. The summed E-state index contributed by atoms with van der Waals surface area (Å²) in [6, 6.07) is 0. The Morgan fingerprint density at radius 3 is 2.69 bits per heavy atom. The summed E-state index contributed by atoms with van der Waals surface area (Å²) in [5.74, 6) is 0.666. The van der Waals surface area contributed by atoms with E-state index in [0.29, 0.717) is 11.3 Å². The number of aldehydes is 1. The highest BCUT2D eigenvalue weighted by atomic mass is 16.1. The molecular formula is C15H24O. The van der Waals surface area contributed by atoms with Crippen molar-refractivity contribution in [2.75, 3.05) is 0 Å². The van der Waals surface area contributed by atoms with Crippen LogP contribution in [0.3, 0.4) is 0 Å². The Balaban J connectivity index is 2.60. The van der Waals surface area contributed by atoms with E-state index in [1.807, 2.05) is 0 Å². The molecule has 1 nitrogen and oxygen atoms in total. The first-order valence-electron chi connectivity index (χ1n) is 6.33. The van der Waals surface area contributed by atoms with Crippen molar-refractivity contribution in [2.24, 2.45) is 11.3 Å². The third-order valence-electron chi connectivity index (χ3n) is 4.10. The van der Waals surface area contributed by atoms with Crippen LogP contribution >= 0.6 is 0 Å². The molecule has 16 heavy (non-hydrogen) atoms. The van der Waals surface area contributed by atoms with Gasteiger partial charge in [-0.15, -0.1) is 0 Å². The van der Waals surface area contributed by atoms with Crippen molar-refractivity contribution in [3.05, 3.63) is 23.3 Å². The molecule has 1 heteroatoms. The predicted octanol–water partition coefficient (Wildman–Crippen LogP) is 4.29. The van der Waals surface area contributed by atoms with Gasteiger partial charge in [0.15, 0.2) is 0 Å². The lowest BCUT2D eigenvalue weighted by Crippen LogP contribution is -2.19. The minimum absolute atomic E-state index is 0.302. The van der Waals surface area contributed by atoms with E-state index in [9.17, 15) is 4.79 Å². The number of rotatable bonds is 5. The fourth-order valence-corrected chi connectivity index (χ4v) is 2.38. The number of hydrogen-bond donors (Lipinski definition) is 0. The van der Waals surface area contributed by atoms with Gasteiger partial charge >= 0.3 is 0 Å². The second kappa shape index (κ2) is 5.47. The molecule has 1 aliphatic rings. The Morgan fingerprint density at radius 1 is 1.56 bits per heavy atom. The van der Waals surface area contributed by atoms with E-state index < -0.39 is 0 Å². The third kappa shape index (κ3) is 2.84. The van der Waals surface area contributed by atoms with E-state index in [0.717, 1.165) is 37.5 Å². The molecule has 0 spiro atoms. The van der Waals surface area contributed by atoms with Gasteiger partial charge in [-0.1, -0.05) is 44.9 Å². The maximum Gasteiger partial charge on any atom is 0.145 e. The van der Waals surface area contributed by atoms with Crippen molar-refractivity contribution < 1.29 is 4.79 Å². The summed E-state index contributed by atoms with van der Waals surface area (Å²) in [7, 11) is 0. The van der Waals surface area contributed by atoms with Crippen LogP contribution < -0.4 is 0 Å². The highest BCUT2D eigenvalue weighted by Crippen LogP contribution is 2.44. The molecule has 90 valence electrons. The van der Waals surface area contributed by atoms with Gasteiger partial charge in [0.2, 0.25) is 0 Å². The van der Waals surface area contributed by atoms with Crippen LogP contribution in [-0.2, 0) is 4.79 Å². The second-order valence-electron chi connectivity index (χ2n) is 5.42. The number of carbonyl (C=O) groups is 1. The van der Waals surface area contributed by atoms with Crippen molar-refractivity contribution in [3.8, 4) is 0 Å². The molecule has 0 aromatic heterocycles. The van der Waals surface area contributed by atoms with Crippen molar-refractivity contribution in [3.63, 3.8) is 0 Å². The van der Waals surface area contributed by atoms with Crippen LogP contribution in [0.5, 0.6) is 0 Å². The first-order valence-corrected chi connectivity index (χ1v) is 6.33. The molecule has 0 saturated heterocycles. The monoisotopic (exact) mass is 220 g/mol. The summed E-state index contributed by atoms with van der Waals surface area (Å²) >= 11 is 0. The second-order valence-corrected chi connectivity index (χ2v) is 5.42. The lowest BCUT2D eigenvalue weighted by atomic mass is 9.76. The molecule has 0 heterocycles. The summed E-state index contributed by atoms with van der Waals surface area (Å²) in [6.45, 7) is 8.95. The Morgan fingerprint density at radius 2 is 2.25 bits per heavy atom. The van der Waals surface area contributed by atoms with E-state index in [-0.39, 0.29) is 0 Å². The molecule has 0 aromatic rings. The van der Waals surface area contributed by atoms with Gasteiger partial charge in [-0.3, -0.25) is 4.79 Å². The molecule has 1 atom stereocenters. The minimum atomic E-state index is 0.302. The maximum absolute atomic E-state index is 10.8. The van der Waals surface area contributed by atoms with E-state index in [1.54, 1.807) is 0 Å². The van der Waals surface area contributed by atoms with Gasteiger partial charge in [-0.05, 0) is 43.1 Å². The summed E-state index contributed by atoms with van der Waals surface area (Å²) in [6.07, 6.45) is 9.68. The van der Waals surface area contributed by atoms with E-state index >= 15 is 0 Å². The van der Waals surface area contributed by atoms with Crippen molar-refractivity contribution in [2.45, 2.75) is 53.4 Å². The minimum Gasteiger partial charge on any atom is -0.298 e. The molecule has 1 aliphatic carbocycles. The summed E-state index contributed by atoms with van der Waals surface area (Å²) in [4.78, 5) is 10.8. The molecule has 0 unspecified atom stereocenters. The largest absolute Gasteiger partial charge is 0.298 e. The molecule has 0 amide bonds. The van der Waals surface area contributed by atoms with Crippen LogP contribution in [0.15, 0.2) is 23.3 Å². The van der Waals surface area contributed by atoms with Gasteiger partial charge in [0.25, 0.3) is 0 Å². The fraction of sp³-hybridized carbons (Fsp3) is 0.667. The van der Waals surface area contributed by atoms with Gasteiger partial charge in [0.05, 0.1) is 0 Å². The van der Waals surface area contributed by atoms with Gasteiger partial charge in [0, 0.05) is 0 Å². The Bertz CT molecular complexity index is 307. The number of hydrogen-bond acceptors (Lipinski definition) is 1. The summed E-state index contributed by atoms with van der Waals surface area (Å²) in [5.41, 5.74) is 2.77. The van der Waals surface area contributed by atoms with Crippen LogP contribution in [0.2, 0.25) is 0 Å². The van der Waals surface area contributed by atoms with Crippen LogP contribution in [0.4, 0.5) is 0 Å². The normalized spacial score (nSPS) is 24.4. The van der Waals surface area contributed by atoms with Crippen molar-refractivity contribution in [1.29, 1.82) is 0 Å². The molecule has 0 fully saturated rings. The average Bonchev–Trinajstić information content (AvgIpc) is 2.50. The number of carbonyl (C=O) groups excluding carboxylic acids is 1. The van der Waals surface area contributed by atoms with Crippen LogP contribution in [0.1, 0.15) is 53.4 Å². The lowest BCUT2D eigenvalue weighted by molar-refractivity contribution is -0.105. The molecule has 0 radical (unpaired) electrons. The maximum atomic E-state index is 10.8. The molecule has 0 saturated carbocycles. The highest BCUT2D eigenvalue weighted by molar-refractivity contribution is 5.72. The van der Waals surface area contributed by atoms with Gasteiger partial charge < -0.3 is 0 Å². The van der Waals surface area contributed by atoms with Gasteiger partial charge in [0.1, 0.15) is 6.29 Å². The van der Waals surface area contributed by atoms with E-state index in [1.165, 1.54) is 5.57 Å². The lowest BCUT2D eigenvalue weighted by Gasteiger charge is -2.29. The van der Waals surface area contributed by atoms with Crippen molar-refractivity contribution >= 4 is 6.29 Å². The van der Waals surface area contributed by atoms with Crippen LogP contribution in [-0.4, -0.2) is 6.29 Å². The molecule has 0 bridgehead atoms. The zero-order valence-electron chi connectivity index (χ0n) is 11.0. The topological polar surface area (TPSA) is 17.1 Å². The van der Waals surface area contributed by atoms with Crippen molar-refractivity contribution in [1.82, 2.24) is 0 Å². The zero-order chi connectivity index (χ0) is 12.2. The Hall–Kier alpha value is -0.850. The highest BCUT2D eigenvalue weighted by Gasteiger charge is 2.33. The molecular weight excluding hydrogens is 196 g/mol. The SMILES string of the molecule is CCC/C(C=O)=C\C[C@H]1CC=C(C)C1(C)C. The molecule has 0 N–H and O–H groups in total. The Labute approximate surface area is 99.6 Å². The standard InChI is InChI=1S/C15H24O/c1-5-6-13(11-16)8-10-14-9-7-12(2)15(14,3)4/h7-8,11,14H,5-6,9-10H2,1-4H3/b13-8+/t14-/m1/s1. The van der Waals surface area contributed by atoms with Crippen LogP contribution in [0.25, 0.3) is 0 Å². The quantitative estimate of drug-likeness (QED) is 0.383. The van der Waals surface area contributed by atoms with Crippen LogP contribution in [0, 0.1) is 11.3 Å². The Kier molecular flexibility index (Phi) is 4.52. The first kappa shape index (κ1) is 13.2. The molecule has 0 aliphatic heterocycles. The van der Waals surface area contributed by atoms with Gasteiger partial charge in [-0.2, -0.15) is 0 Å². The smallest absolute Gasteiger partial charge is 0.145 e. The number of allylic oxidation sites excluding steroid dienone is 4. The summed E-state index contributed by atoms with van der Waals surface area (Å²) in [5, 5.41) is 0. The average molecular weight is 220 g/mol. The molecule has 0 aromatic carbocycles. The van der Waals surface area contributed by atoms with E-state index in [2.05, 4.69) is 39.8 Å². The first-order chi connectivity index (χ1) is 7.52.